The molecule has 0 saturated carbocycles. The van der Waals surface area contributed by atoms with Gasteiger partial charge in [0.05, 0.1) is 11.6 Å². The van der Waals surface area contributed by atoms with Gasteiger partial charge in [-0.1, -0.05) is 18.2 Å². The van der Waals surface area contributed by atoms with Crippen molar-refractivity contribution in [3.05, 3.63) is 77.4 Å². The molecule has 0 radical (unpaired) electrons. The Kier molecular flexibility index (Phi) is 3.60. The lowest BCUT2D eigenvalue weighted by Crippen LogP contribution is -2.10. The van der Waals surface area contributed by atoms with E-state index in [2.05, 4.69) is 20.6 Å². The van der Waals surface area contributed by atoms with E-state index in [1.807, 2.05) is 6.07 Å². The zero-order valence-corrected chi connectivity index (χ0v) is 14.2. The number of hydrogen-bond acceptors (Lipinski definition) is 4. The first-order valence-electron chi connectivity index (χ1n) is 8.71. The van der Waals surface area contributed by atoms with Gasteiger partial charge in [0.2, 0.25) is 0 Å². The fourth-order valence-corrected chi connectivity index (χ4v) is 3.58. The minimum absolute atomic E-state index is 0.0194. The third kappa shape index (κ3) is 2.71. The first-order chi connectivity index (χ1) is 13.2. The quantitative estimate of drug-likeness (QED) is 0.594. The van der Waals surface area contributed by atoms with Crippen molar-refractivity contribution < 1.29 is 8.78 Å². The molecule has 2 aromatic carbocycles. The lowest BCUT2D eigenvalue weighted by Gasteiger charge is -2.15. The number of fused-ring (bicyclic) bond motifs is 2. The third-order valence-electron chi connectivity index (χ3n) is 4.89. The number of anilines is 1. The van der Waals surface area contributed by atoms with Gasteiger partial charge in [0.1, 0.15) is 17.5 Å². The van der Waals surface area contributed by atoms with Crippen LogP contribution in [-0.4, -0.2) is 19.8 Å². The molecular weight excluding hydrogens is 348 g/mol. The lowest BCUT2D eigenvalue weighted by atomic mass is 10.1. The van der Waals surface area contributed by atoms with E-state index >= 15 is 0 Å². The highest BCUT2D eigenvalue weighted by Crippen LogP contribution is 2.34. The Morgan fingerprint density at radius 3 is 2.78 bits per heavy atom. The summed E-state index contributed by atoms with van der Waals surface area (Å²) in [6.45, 7) is 0. The van der Waals surface area contributed by atoms with Crippen molar-refractivity contribution in [3.63, 3.8) is 0 Å². The second-order valence-corrected chi connectivity index (χ2v) is 6.57. The predicted molar refractivity (Wildman–Crippen MR) is 97.3 cm³/mol. The fraction of sp³-hybridized carbons (Fsp3) is 0.150. The molecule has 1 unspecified atom stereocenters. The van der Waals surface area contributed by atoms with Crippen molar-refractivity contribution in [1.29, 1.82) is 0 Å². The average Bonchev–Trinajstić information content (AvgIpc) is 3.26. The standard InChI is InChI=1S/C20H15F2N5/c21-13-7-5-12-6-8-17(15(12)11-13)23-18-9-10-19-24-25-20(27(19)26-18)14-3-1-2-4-16(14)22/h1-5,7,9-11,17H,6,8H2,(H,23,26). The van der Waals surface area contributed by atoms with E-state index in [0.29, 0.717) is 22.9 Å². The van der Waals surface area contributed by atoms with Gasteiger partial charge in [-0.15, -0.1) is 15.3 Å². The van der Waals surface area contributed by atoms with Gasteiger partial charge < -0.3 is 5.32 Å². The summed E-state index contributed by atoms with van der Waals surface area (Å²) in [6, 6.07) is 14.8. The summed E-state index contributed by atoms with van der Waals surface area (Å²) in [5.41, 5.74) is 2.96. The van der Waals surface area contributed by atoms with Crippen LogP contribution < -0.4 is 5.32 Å². The van der Waals surface area contributed by atoms with Crippen LogP contribution in [0.5, 0.6) is 0 Å². The van der Waals surface area contributed by atoms with Gasteiger partial charge >= 0.3 is 0 Å². The Balaban J connectivity index is 1.52. The van der Waals surface area contributed by atoms with Crippen LogP contribution in [0.15, 0.2) is 54.6 Å². The highest BCUT2D eigenvalue weighted by atomic mass is 19.1. The van der Waals surface area contributed by atoms with Crippen LogP contribution in [0.2, 0.25) is 0 Å². The highest BCUT2D eigenvalue weighted by Gasteiger charge is 2.23. The minimum Gasteiger partial charge on any atom is -0.362 e. The van der Waals surface area contributed by atoms with Crippen molar-refractivity contribution >= 4 is 11.5 Å². The van der Waals surface area contributed by atoms with Crippen LogP contribution >= 0.6 is 0 Å². The second kappa shape index (κ2) is 6.12. The Bertz CT molecular complexity index is 1150. The number of nitrogens with one attached hydrogen (secondary N) is 1. The van der Waals surface area contributed by atoms with Gasteiger partial charge in [-0.3, -0.25) is 0 Å². The molecule has 2 heterocycles. The molecular formula is C20H15F2N5. The Morgan fingerprint density at radius 2 is 1.89 bits per heavy atom. The molecule has 27 heavy (non-hydrogen) atoms. The minimum atomic E-state index is -0.382. The van der Waals surface area contributed by atoms with Crippen LogP contribution in [0, 0.1) is 11.6 Å². The number of aryl methyl sites for hydroxylation is 1. The first-order valence-corrected chi connectivity index (χ1v) is 8.71. The van der Waals surface area contributed by atoms with Gasteiger partial charge in [0, 0.05) is 0 Å². The van der Waals surface area contributed by atoms with Crippen molar-refractivity contribution in [1.82, 2.24) is 19.8 Å². The lowest BCUT2D eigenvalue weighted by molar-refractivity contribution is 0.623. The Labute approximate surface area is 153 Å². The van der Waals surface area contributed by atoms with Crippen molar-refractivity contribution in [3.8, 4) is 11.4 Å². The van der Waals surface area contributed by atoms with Gasteiger partial charge in [-0.05, 0) is 60.4 Å². The Morgan fingerprint density at radius 1 is 1.00 bits per heavy atom. The molecule has 7 heteroatoms. The summed E-state index contributed by atoms with van der Waals surface area (Å²) in [7, 11) is 0. The summed E-state index contributed by atoms with van der Waals surface area (Å²) in [6.07, 6.45) is 1.75. The normalized spacial score (nSPS) is 15.9. The van der Waals surface area contributed by atoms with E-state index in [-0.39, 0.29) is 17.7 Å². The van der Waals surface area contributed by atoms with Gasteiger partial charge in [-0.25, -0.2) is 8.78 Å². The van der Waals surface area contributed by atoms with Gasteiger partial charge in [0.25, 0.3) is 0 Å². The maximum absolute atomic E-state index is 14.2. The topological polar surface area (TPSA) is 55.1 Å². The SMILES string of the molecule is Fc1ccc2c(c1)C(Nc1ccc3nnc(-c4ccccc4F)n3n1)CC2. The summed E-state index contributed by atoms with van der Waals surface area (Å²) in [5, 5.41) is 16.0. The molecule has 4 aromatic rings. The van der Waals surface area contributed by atoms with E-state index in [4.69, 9.17) is 0 Å². The van der Waals surface area contributed by atoms with E-state index in [1.54, 1.807) is 36.4 Å². The number of rotatable bonds is 3. The largest absolute Gasteiger partial charge is 0.362 e. The molecule has 0 fully saturated rings. The fourth-order valence-electron chi connectivity index (χ4n) is 3.58. The Hall–Kier alpha value is -3.35. The summed E-state index contributed by atoms with van der Waals surface area (Å²) in [5.74, 6) is 0.310. The molecule has 0 saturated heterocycles. The van der Waals surface area contributed by atoms with E-state index in [0.717, 1.165) is 24.0 Å². The zero-order valence-electron chi connectivity index (χ0n) is 14.2. The number of benzene rings is 2. The molecule has 0 spiro atoms. The van der Waals surface area contributed by atoms with E-state index in [9.17, 15) is 8.78 Å². The maximum Gasteiger partial charge on any atom is 0.188 e. The van der Waals surface area contributed by atoms with Crippen LogP contribution in [0.4, 0.5) is 14.6 Å². The molecule has 0 amide bonds. The second-order valence-electron chi connectivity index (χ2n) is 6.57. The third-order valence-corrected chi connectivity index (χ3v) is 4.89. The molecule has 5 rings (SSSR count). The van der Waals surface area contributed by atoms with Crippen LogP contribution in [0.3, 0.4) is 0 Å². The zero-order chi connectivity index (χ0) is 18.4. The highest BCUT2D eigenvalue weighted by molar-refractivity contribution is 5.60. The number of halogens is 2. The van der Waals surface area contributed by atoms with Crippen LogP contribution in [0.1, 0.15) is 23.6 Å². The smallest absolute Gasteiger partial charge is 0.188 e. The molecule has 134 valence electrons. The molecule has 2 aromatic heterocycles. The molecule has 0 aliphatic heterocycles. The van der Waals surface area contributed by atoms with E-state index < -0.39 is 0 Å². The molecule has 1 N–H and O–H groups in total. The molecule has 1 aliphatic rings. The monoisotopic (exact) mass is 363 g/mol. The maximum atomic E-state index is 14.2. The van der Waals surface area contributed by atoms with Crippen LogP contribution in [-0.2, 0) is 6.42 Å². The first kappa shape index (κ1) is 15.9. The molecule has 1 atom stereocenters. The molecule has 1 aliphatic carbocycles. The van der Waals surface area contributed by atoms with Crippen LogP contribution in [0.25, 0.3) is 17.0 Å². The van der Waals surface area contributed by atoms with Gasteiger partial charge in [0.15, 0.2) is 11.5 Å². The average molecular weight is 363 g/mol. The van der Waals surface area contributed by atoms with E-state index in [1.165, 1.54) is 16.6 Å². The molecule has 0 bridgehead atoms. The summed E-state index contributed by atoms with van der Waals surface area (Å²) in [4.78, 5) is 0. The van der Waals surface area contributed by atoms with Crippen molar-refractivity contribution in [2.75, 3.05) is 5.32 Å². The predicted octanol–water partition coefficient (Wildman–Crippen LogP) is 4.17. The van der Waals surface area contributed by atoms with Crippen molar-refractivity contribution in [2.24, 2.45) is 0 Å². The number of hydrogen-bond donors (Lipinski definition) is 1. The molecule has 5 nitrogen and oxygen atoms in total. The summed E-state index contributed by atoms with van der Waals surface area (Å²) >= 11 is 0. The number of nitrogens with zero attached hydrogens (tertiary/aromatic N) is 4. The summed E-state index contributed by atoms with van der Waals surface area (Å²) < 4.78 is 29.3. The van der Waals surface area contributed by atoms with Crippen molar-refractivity contribution in [2.45, 2.75) is 18.9 Å². The number of aromatic nitrogens is 4. The van der Waals surface area contributed by atoms with Gasteiger partial charge in [-0.2, -0.15) is 4.52 Å².